The third-order valence-corrected chi connectivity index (χ3v) is 5.34. The van der Waals surface area contributed by atoms with E-state index in [1.54, 1.807) is 13.1 Å². The van der Waals surface area contributed by atoms with Crippen LogP contribution in [-0.4, -0.2) is 33.2 Å². The van der Waals surface area contributed by atoms with Crippen molar-refractivity contribution in [2.45, 2.75) is 32.2 Å². The first-order valence-electron chi connectivity index (χ1n) is 10.1. The van der Waals surface area contributed by atoms with Crippen molar-refractivity contribution < 1.29 is 9.59 Å². The van der Waals surface area contributed by atoms with Gasteiger partial charge in [-0.05, 0) is 37.5 Å². The molecule has 3 aromatic rings. The molecule has 6 nitrogen and oxygen atoms in total. The lowest BCUT2D eigenvalue weighted by Gasteiger charge is -2.24. The van der Waals surface area contributed by atoms with E-state index in [1.165, 1.54) is 0 Å². The molecule has 1 aromatic heterocycles. The van der Waals surface area contributed by atoms with Crippen LogP contribution in [0.3, 0.4) is 0 Å². The van der Waals surface area contributed by atoms with Gasteiger partial charge in [-0.3, -0.25) is 9.59 Å². The molecule has 4 rings (SSSR count). The molecular formula is C24H24N4O2. The van der Waals surface area contributed by atoms with Gasteiger partial charge in [-0.1, -0.05) is 48.5 Å². The molecule has 2 aromatic carbocycles. The van der Waals surface area contributed by atoms with Crippen LogP contribution in [0.4, 0.5) is 5.69 Å². The quantitative estimate of drug-likeness (QED) is 0.704. The number of aromatic nitrogens is 2. The monoisotopic (exact) mass is 400 g/mol. The molecule has 1 unspecified atom stereocenters. The molecule has 1 saturated heterocycles. The van der Waals surface area contributed by atoms with Gasteiger partial charge in [0.1, 0.15) is 0 Å². The predicted octanol–water partition coefficient (Wildman–Crippen LogP) is 3.94. The average molecular weight is 400 g/mol. The Balaban J connectivity index is 1.48. The van der Waals surface area contributed by atoms with E-state index >= 15 is 0 Å². The minimum Gasteiger partial charge on any atom is -0.332 e. The zero-order valence-corrected chi connectivity index (χ0v) is 16.9. The lowest BCUT2D eigenvalue weighted by atomic mass is 10.1. The van der Waals surface area contributed by atoms with Gasteiger partial charge >= 0.3 is 0 Å². The van der Waals surface area contributed by atoms with E-state index in [1.807, 2.05) is 65.6 Å². The van der Waals surface area contributed by atoms with Crippen molar-refractivity contribution in [3.05, 3.63) is 89.5 Å². The molecule has 1 aliphatic heterocycles. The number of rotatable bonds is 5. The Kier molecular flexibility index (Phi) is 5.84. The van der Waals surface area contributed by atoms with Crippen LogP contribution >= 0.6 is 0 Å². The van der Waals surface area contributed by atoms with Crippen LogP contribution in [-0.2, 0) is 11.2 Å². The largest absolute Gasteiger partial charge is 0.332 e. The van der Waals surface area contributed by atoms with Crippen molar-refractivity contribution in [1.82, 2.24) is 14.9 Å². The lowest BCUT2D eigenvalue weighted by molar-refractivity contribution is -0.131. The number of amides is 2. The molecule has 0 aliphatic carbocycles. The normalized spacial score (nSPS) is 15.8. The van der Waals surface area contributed by atoms with Crippen LogP contribution in [0.25, 0.3) is 0 Å². The number of anilines is 1. The number of likely N-dealkylation sites (tertiary alicyclic amines) is 1. The molecule has 1 fully saturated rings. The number of nitrogens with zero attached hydrogens (tertiary/aromatic N) is 3. The number of carbonyl (C=O) groups is 2. The summed E-state index contributed by atoms with van der Waals surface area (Å²) in [6.45, 7) is 2.51. The summed E-state index contributed by atoms with van der Waals surface area (Å²) < 4.78 is 0. The molecule has 1 atom stereocenters. The van der Waals surface area contributed by atoms with E-state index in [-0.39, 0.29) is 17.9 Å². The molecule has 0 saturated carbocycles. The lowest BCUT2D eigenvalue weighted by Crippen LogP contribution is -2.33. The van der Waals surface area contributed by atoms with Crippen LogP contribution < -0.4 is 5.32 Å². The van der Waals surface area contributed by atoms with Gasteiger partial charge in [0.05, 0.1) is 23.7 Å². The van der Waals surface area contributed by atoms with E-state index in [2.05, 4.69) is 15.3 Å². The van der Waals surface area contributed by atoms with Gasteiger partial charge in [-0.2, -0.15) is 0 Å². The van der Waals surface area contributed by atoms with Crippen LogP contribution in [0.1, 0.15) is 46.3 Å². The molecule has 0 spiro atoms. The summed E-state index contributed by atoms with van der Waals surface area (Å²) in [5.41, 5.74) is 2.76. The second-order valence-electron chi connectivity index (χ2n) is 7.45. The standard InChI is InChI=1S/C24H24N4O2/c1-17-20(24(30)27-19-11-6-3-7-12-19)16-25-23(26-17)21-13-8-14-28(21)22(29)15-18-9-4-2-5-10-18/h2-7,9-12,16,21H,8,13-15H2,1H3,(H,27,30). The minimum absolute atomic E-state index is 0.0795. The van der Waals surface area contributed by atoms with Gasteiger partial charge in [0.2, 0.25) is 5.91 Å². The van der Waals surface area contributed by atoms with Crippen molar-refractivity contribution in [3.8, 4) is 0 Å². The summed E-state index contributed by atoms with van der Waals surface area (Å²) in [5, 5.41) is 2.86. The number of hydrogen-bond acceptors (Lipinski definition) is 4. The fraction of sp³-hybridized carbons (Fsp3) is 0.250. The Morgan fingerprint density at radius 3 is 2.47 bits per heavy atom. The zero-order valence-electron chi connectivity index (χ0n) is 16.9. The molecule has 0 radical (unpaired) electrons. The summed E-state index contributed by atoms with van der Waals surface area (Å²) >= 11 is 0. The molecule has 0 bridgehead atoms. The van der Waals surface area contributed by atoms with Gasteiger partial charge < -0.3 is 10.2 Å². The fourth-order valence-corrected chi connectivity index (χ4v) is 3.79. The number of para-hydroxylation sites is 1. The van der Waals surface area contributed by atoms with E-state index in [0.29, 0.717) is 30.0 Å². The first-order chi connectivity index (χ1) is 14.6. The number of benzene rings is 2. The van der Waals surface area contributed by atoms with Crippen molar-refractivity contribution in [3.63, 3.8) is 0 Å². The van der Waals surface area contributed by atoms with Crippen LogP contribution in [0.5, 0.6) is 0 Å². The Morgan fingerprint density at radius 1 is 1.07 bits per heavy atom. The van der Waals surface area contributed by atoms with E-state index in [4.69, 9.17) is 0 Å². The highest BCUT2D eigenvalue weighted by Gasteiger charge is 2.32. The number of carbonyl (C=O) groups excluding carboxylic acids is 2. The maximum Gasteiger partial charge on any atom is 0.259 e. The highest BCUT2D eigenvalue weighted by Crippen LogP contribution is 2.30. The number of aryl methyl sites for hydroxylation is 1. The Labute approximate surface area is 176 Å². The van der Waals surface area contributed by atoms with Gasteiger partial charge in [-0.15, -0.1) is 0 Å². The Hall–Kier alpha value is -3.54. The fourth-order valence-electron chi connectivity index (χ4n) is 3.79. The highest BCUT2D eigenvalue weighted by atomic mass is 16.2. The van der Waals surface area contributed by atoms with E-state index in [0.717, 1.165) is 24.1 Å². The van der Waals surface area contributed by atoms with Gasteiger partial charge in [-0.25, -0.2) is 9.97 Å². The summed E-state index contributed by atoms with van der Waals surface area (Å²) in [6.07, 6.45) is 3.68. The first-order valence-corrected chi connectivity index (χ1v) is 10.1. The van der Waals surface area contributed by atoms with Crippen LogP contribution in [0.15, 0.2) is 66.9 Å². The maximum atomic E-state index is 12.9. The Morgan fingerprint density at radius 2 is 1.77 bits per heavy atom. The molecule has 152 valence electrons. The zero-order chi connectivity index (χ0) is 20.9. The van der Waals surface area contributed by atoms with E-state index in [9.17, 15) is 9.59 Å². The molecular weight excluding hydrogens is 376 g/mol. The summed E-state index contributed by atoms with van der Waals surface area (Å²) in [7, 11) is 0. The van der Waals surface area contributed by atoms with Crippen LogP contribution in [0, 0.1) is 6.92 Å². The third kappa shape index (κ3) is 4.38. The molecule has 6 heteroatoms. The topological polar surface area (TPSA) is 75.2 Å². The molecule has 1 N–H and O–H groups in total. The summed E-state index contributed by atoms with van der Waals surface area (Å²) in [5.74, 6) is 0.437. The second-order valence-corrected chi connectivity index (χ2v) is 7.45. The third-order valence-electron chi connectivity index (χ3n) is 5.34. The average Bonchev–Trinajstić information content (AvgIpc) is 3.25. The minimum atomic E-state index is -0.242. The molecule has 1 aliphatic rings. The van der Waals surface area contributed by atoms with Gasteiger partial charge in [0, 0.05) is 18.4 Å². The number of nitrogens with one attached hydrogen (secondary N) is 1. The van der Waals surface area contributed by atoms with Crippen LogP contribution in [0.2, 0.25) is 0 Å². The second kappa shape index (κ2) is 8.86. The van der Waals surface area contributed by atoms with Crippen molar-refractivity contribution >= 4 is 17.5 Å². The number of hydrogen-bond donors (Lipinski definition) is 1. The maximum absolute atomic E-state index is 12.9. The van der Waals surface area contributed by atoms with Crippen molar-refractivity contribution in [2.75, 3.05) is 11.9 Å². The van der Waals surface area contributed by atoms with Crippen molar-refractivity contribution in [1.29, 1.82) is 0 Å². The molecule has 2 amide bonds. The van der Waals surface area contributed by atoms with E-state index < -0.39 is 0 Å². The SMILES string of the molecule is Cc1nc(C2CCCN2C(=O)Cc2ccccc2)ncc1C(=O)Nc1ccccc1. The van der Waals surface area contributed by atoms with Gasteiger partial charge in [0.25, 0.3) is 5.91 Å². The summed E-state index contributed by atoms with van der Waals surface area (Å²) in [4.78, 5) is 36.4. The Bertz CT molecular complexity index is 1040. The van der Waals surface area contributed by atoms with Gasteiger partial charge in [0.15, 0.2) is 5.82 Å². The summed E-state index contributed by atoms with van der Waals surface area (Å²) in [6, 6.07) is 18.9. The predicted molar refractivity (Wildman–Crippen MR) is 115 cm³/mol. The first kappa shape index (κ1) is 19.8. The smallest absolute Gasteiger partial charge is 0.259 e. The molecule has 30 heavy (non-hydrogen) atoms. The van der Waals surface area contributed by atoms with Crippen molar-refractivity contribution in [2.24, 2.45) is 0 Å². The molecule has 2 heterocycles. The highest BCUT2D eigenvalue weighted by molar-refractivity contribution is 6.04.